The van der Waals surface area contributed by atoms with Gasteiger partial charge in [-0.25, -0.2) is 4.98 Å². The van der Waals surface area contributed by atoms with Gasteiger partial charge in [0.05, 0.1) is 28.5 Å². The van der Waals surface area contributed by atoms with Gasteiger partial charge < -0.3 is 4.90 Å². The van der Waals surface area contributed by atoms with Crippen molar-refractivity contribution in [3.63, 3.8) is 0 Å². The Morgan fingerprint density at radius 1 is 1.17 bits per heavy atom. The highest BCUT2D eigenvalue weighted by atomic mass is 32.1. The van der Waals surface area contributed by atoms with Crippen LogP contribution in [0.3, 0.4) is 0 Å². The van der Waals surface area contributed by atoms with Gasteiger partial charge in [0.25, 0.3) is 5.69 Å². The number of alkyl halides is 3. The average Bonchev–Trinajstić information content (AvgIpc) is 3.31. The molecule has 3 aromatic rings. The van der Waals surface area contributed by atoms with Gasteiger partial charge in [0, 0.05) is 17.0 Å². The summed E-state index contributed by atoms with van der Waals surface area (Å²) in [6, 6.07) is 9.14. The minimum absolute atomic E-state index is 0.0349. The van der Waals surface area contributed by atoms with Crippen LogP contribution in [0.5, 0.6) is 0 Å². The van der Waals surface area contributed by atoms with Gasteiger partial charge in [-0.15, -0.1) is 22.7 Å². The fourth-order valence-corrected chi connectivity index (χ4v) is 4.28. The second-order valence-corrected chi connectivity index (χ2v) is 7.85. The minimum atomic E-state index is -4.64. The number of hydrogen-bond donors (Lipinski definition) is 0. The van der Waals surface area contributed by atoms with Crippen molar-refractivity contribution in [2.24, 2.45) is 0 Å². The third-order valence-corrected chi connectivity index (χ3v) is 5.82. The molecule has 6 nitrogen and oxygen atoms in total. The molecule has 2 heterocycles. The van der Waals surface area contributed by atoms with Crippen LogP contribution < -0.4 is 0 Å². The zero-order valence-electron chi connectivity index (χ0n) is 14.8. The highest BCUT2D eigenvalue weighted by Crippen LogP contribution is 2.28. The van der Waals surface area contributed by atoms with Crippen LogP contribution in [0.2, 0.25) is 0 Å². The van der Waals surface area contributed by atoms with Crippen molar-refractivity contribution in [1.82, 2.24) is 9.88 Å². The number of nitrogens with zero attached hydrogens (tertiary/aromatic N) is 3. The van der Waals surface area contributed by atoms with E-state index < -0.39 is 30.1 Å². The molecule has 3 rings (SSSR count). The van der Waals surface area contributed by atoms with Gasteiger partial charge in [-0.05, 0) is 11.4 Å². The molecule has 0 aliphatic rings. The number of aromatic nitrogens is 1. The number of benzene rings is 1. The Kier molecular flexibility index (Phi) is 6.28. The van der Waals surface area contributed by atoms with Crippen LogP contribution in [0.15, 0.2) is 47.2 Å². The number of amides is 1. The van der Waals surface area contributed by atoms with Gasteiger partial charge in [-0.3, -0.25) is 14.9 Å². The lowest BCUT2D eigenvalue weighted by atomic mass is 10.1. The van der Waals surface area contributed by atoms with Crippen LogP contribution in [-0.2, 0) is 17.8 Å². The SMILES string of the molecule is O=C(Cc1csc(-c2cccs2)n1)N(Cc1ccccc1[N+](=O)[O-])CC(F)(F)F. The molecule has 0 spiro atoms. The molecule has 0 fully saturated rings. The van der Waals surface area contributed by atoms with Gasteiger partial charge in [-0.1, -0.05) is 24.3 Å². The van der Waals surface area contributed by atoms with Gasteiger partial charge in [0.15, 0.2) is 0 Å². The summed E-state index contributed by atoms with van der Waals surface area (Å²) in [7, 11) is 0. The standard InChI is InChI=1S/C18H14F3N3O3S2/c19-18(20,21)11-23(9-12-4-1-2-5-14(12)24(26)27)16(25)8-13-10-29-17(22-13)15-6-3-7-28-15/h1-7,10H,8-9,11H2. The Morgan fingerprint density at radius 3 is 2.59 bits per heavy atom. The third kappa shape index (κ3) is 5.61. The Balaban J connectivity index is 1.80. The molecule has 0 bridgehead atoms. The van der Waals surface area contributed by atoms with E-state index >= 15 is 0 Å². The summed E-state index contributed by atoms with van der Waals surface area (Å²) in [5, 5.41) is 15.3. The number of nitro groups is 1. The number of carbonyl (C=O) groups is 1. The van der Waals surface area contributed by atoms with Crippen molar-refractivity contribution in [2.75, 3.05) is 6.54 Å². The monoisotopic (exact) mass is 441 g/mol. The fraction of sp³-hybridized carbons (Fsp3) is 0.222. The number of thiophene rings is 1. The number of carbonyl (C=O) groups excluding carboxylic acids is 1. The van der Waals surface area contributed by atoms with Crippen molar-refractivity contribution in [3.8, 4) is 9.88 Å². The molecule has 1 amide bonds. The molecule has 0 saturated carbocycles. The van der Waals surface area contributed by atoms with E-state index in [1.807, 2.05) is 17.5 Å². The van der Waals surface area contributed by atoms with Gasteiger partial charge in [0.1, 0.15) is 11.6 Å². The van der Waals surface area contributed by atoms with Crippen molar-refractivity contribution in [3.05, 3.63) is 68.5 Å². The molecule has 29 heavy (non-hydrogen) atoms. The lowest BCUT2D eigenvalue weighted by Crippen LogP contribution is -2.39. The smallest absolute Gasteiger partial charge is 0.329 e. The van der Waals surface area contributed by atoms with E-state index in [9.17, 15) is 28.1 Å². The number of rotatable bonds is 7. The van der Waals surface area contributed by atoms with Crippen LogP contribution in [0.4, 0.5) is 18.9 Å². The molecular formula is C18H14F3N3O3S2. The van der Waals surface area contributed by atoms with Gasteiger partial charge >= 0.3 is 6.18 Å². The molecule has 2 aromatic heterocycles. The molecule has 1 aromatic carbocycles. The zero-order valence-corrected chi connectivity index (χ0v) is 16.4. The molecular weight excluding hydrogens is 427 g/mol. The number of thiazole rings is 1. The Labute approximate surface area is 171 Å². The lowest BCUT2D eigenvalue weighted by Gasteiger charge is -2.23. The first-order chi connectivity index (χ1) is 13.7. The Bertz CT molecular complexity index is 1000. The average molecular weight is 441 g/mol. The first-order valence-electron chi connectivity index (χ1n) is 8.28. The summed E-state index contributed by atoms with van der Waals surface area (Å²) in [6.45, 7) is -2.02. The van der Waals surface area contributed by atoms with E-state index in [1.165, 1.54) is 46.9 Å². The summed E-state index contributed by atoms with van der Waals surface area (Å²) >= 11 is 2.77. The summed E-state index contributed by atoms with van der Waals surface area (Å²) in [5.41, 5.74) is 0.0619. The van der Waals surface area contributed by atoms with Crippen LogP contribution in [-0.4, -0.2) is 33.4 Å². The second kappa shape index (κ2) is 8.70. The van der Waals surface area contributed by atoms with E-state index in [0.29, 0.717) is 15.6 Å². The Morgan fingerprint density at radius 2 is 1.93 bits per heavy atom. The summed E-state index contributed by atoms with van der Waals surface area (Å²) < 4.78 is 39.1. The quantitative estimate of drug-likeness (QED) is 0.386. The maximum atomic E-state index is 13.0. The van der Waals surface area contributed by atoms with Crippen LogP contribution >= 0.6 is 22.7 Å². The van der Waals surface area contributed by atoms with Crippen LogP contribution in [0.1, 0.15) is 11.3 Å². The Hall–Kier alpha value is -2.79. The van der Waals surface area contributed by atoms with E-state index in [2.05, 4.69) is 4.98 Å². The molecule has 0 radical (unpaired) electrons. The lowest BCUT2D eigenvalue weighted by molar-refractivity contribution is -0.385. The number of para-hydroxylation sites is 1. The summed E-state index contributed by atoms with van der Waals surface area (Å²) in [5.74, 6) is -0.802. The molecule has 0 atom stereocenters. The summed E-state index contributed by atoms with van der Waals surface area (Å²) in [6.07, 6.45) is -4.96. The first kappa shape index (κ1) is 20.9. The molecule has 11 heteroatoms. The topological polar surface area (TPSA) is 76.3 Å². The second-order valence-electron chi connectivity index (χ2n) is 6.05. The fourth-order valence-electron chi connectivity index (χ4n) is 2.65. The number of hydrogen-bond acceptors (Lipinski definition) is 6. The maximum Gasteiger partial charge on any atom is 0.406 e. The highest BCUT2D eigenvalue weighted by Gasteiger charge is 2.34. The molecule has 0 saturated heterocycles. The normalized spacial score (nSPS) is 11.4. The highest BCUT2D eigenvalue weighted by molar-refractivity contribution is 7.20. The van der Waals surface area contributed by atoms with Crippen molar-refractivity contribution < 1.29 is 22.9 Å². The number of nitro benzene ring substituents is 1. The van der Waals surface area contributed by atoms with Crippen molar-refractivity contribution in [1.29, 1.82) is 0 Å². The zero-order chi connectivity index (χ0) is 21.0. The van der Waals surface area contributed by atoms with E-state index in [4.69, 9.17) is 0 Å². The molecule has 0 N–H and O–H groups in total. The molecule has 0 aliphatic heterocycles. The largest absolute Gasteiger partial charge is 0.406 e. The van der Waals surface area contributed by atoms with E-state index in [-0.39, 0.29) is 17.7 Å². The molecule has 152 valence electrons. The van der Waals surface area contributed by atoms with Crippen LogP contribution in [0.25, 0.3) is 9.88 Å². The maximum absolute atomic E-state index is 13.0. The van der Waals surface area contributed by atoms with Gasteiger partial charge in [0.2, 0.25) is 5.91 Å². The first-order valence-corrected chi connectivity index (χ1v) is 10.0. The molecule has 0 aliphatic carbocycles. The molecule has 0 unspecified atom stereocenters. The number of halogens is 3. The van der Waals surface area contributed by atoms with Crippen molar-refractivity contribution >= 4 is 34.3 Å². The minimum Gasteiger partial charge on any atom is -0.329 e. The van der Waals surface area contributed by atoms with Crippen molar-refractivity contribution in [2.45, 2.75) is 19.1 Å². The third-order valence-electron chi connectivity index (χ3n) is 3.89. The van der Waals surface area contributed by atoms with Gasteiger partial charge in [-0.2, -0.15) is 13.2 Å². The predicted molar refractivity (Wildman–Crippen MR) is 104 cm³/mol. The van der Waals surface area contributed by atoms with Crippen LogP contribution in [0, 0.1) is 10.1 Å². The van der Waals surface area contributed by atoms with E-state index in [1.54, 1.807) is 5.38 Å². The summed E-state index contributed by atoms with van der Waals surface area (Å²) in [4.78, 5) is 28.8. The van der Waals surface area contributed by atoms with E-state index in [0.717, 1.165) is 4.88 Å². The predicted octanol–water partition coefficient (Wildman–Crippen LogP) is 4.91.